The van der Waals surface area contributed by atoms with Gasteiger partial charge in [-0.05, 0) is 35.9 Å². The van der Waals surface area contributed by atoms with E-state index in [2.05, 4.69) is 0 Å². The smallest absolute Gasteiger partial charge is 0.121 e. The molecule has 0 aliphatic rings. The Hall–Kier alpha value is -1.23. The van der Waals surface area contributed by atoms with Gasteiger partial charge in [-0.1, -0.05) is 23.2 Å². The third-order valence-electron chi connectivity index (χ3n) is 2.66. The average molecular weight is 330 g/mol. The highest BCUT2D eigenvalue weighted by Gasteiger charge is 2.11. The molecule has 3 nitrogen and oxygen atoms in total. The average Bonchev–Trinajstić information content (AvgIpc) is 2.40. The molecule has 1 atom stereocenters. The Labute approximate surface area is 130 Å². The summed E-state index contributed by atoms with van der Waals surface area (Å²) in [6.07, 6.45) is 0. The molecule has 0 saturated heterocycles. The normalized spacial score (nSPS) is 12.2. The van der Waals surface area contributed by atoms with Crippen LogP contribution < -0.4 is 10.5 Å². The summed E-state index contributed by atoms with van der Waals surface area (Å²) >= 11 is 11.9. The van der Waals surface area contributed by atoms with Crippen molar-refractivity contribution in [3.8, 4) is 5.75 Å². The minimum atomic E-state index is -1.30. The van der Waals surface area contributed by atoms with Gasteiger partial charge in [0, 0.05) is 16.8 Å². The van der Waals surface area contributed by atoms with Gasteiger partial charge < -0.3 is 10.5 Å². The number of nitrogens with two attached hydrogens (primary N) is 1. The molecule has 0 amide bonds. The fourth-order valence-electron chi connectivity index (χ4n) is 1.77. The van der Waals surface area contributed by atoms with E-state index >= 15 is 0 Å². The molecule has 0 aliphatic carbocycles. The van der Waals surface area contributed by atoms with E-state index in [1.54, 1.807) is 43.5 Å². The summed E-state index contributed by atoms with van der Waals surface area (Å²) in [7, 11) is 0.257. The number of hydrogen-bond acceptors (Lipinski definition) is 3. The summed E-state index contributed by atoms with van der Waals surface area (Å²) in [5.74, 6) is 0.927. The van der Waals surface area contributed by atoms with Crippen molar-refractivity contribution in [2.45, 2.75) is 10.6 Å². The molecule has 2 aromatic carbocycles. The fraction of sp³-hybridized carbons (Fsp3) is 0.143. The molecule has 20 heavy (non-hydrogen) atoms. The zero-order chi connectivity index (χ0) is 14.7. The van der Waals surface area contributed by atoms with Crippen molar-refractivity contribution in [3.63, 3.8) is 0 Å². The van der Waals surface area contributed by atoms with Crippen LogP contribution in [-0.2, 0) is 16.6 Å². The Bertz CT molecular complexity index is 662. The number of halogens is 2. The molecular formula is C14H13Cl2NO2S. The van der Waals surface area contributed by atoms with E-state index in [1.165, 1.54) is 0 Å². The lowest BCUT2D eigenvalue weighted by atomic mass is 10.2. The molecule has 0 heterocycles. The monoisotopic (exact) mass is 329 g/mol. The maximum absolute atomic E-state index is 12.4. The lowest BCUT2D eigenvalue weighted by Crippen LogP contribution is -1.99. The van der Waals surface area contributed by atoms with Crippen LogP contribution in [0.25, 0.3) is 0 Å². The van der Waals surface area contributed by atoms with Crippen molar-refractivity contribution < 1.29 is 8.95 Å². The summed E-state index contributed by atoms with van der Waals surface area (Å²) in [5.41, 5.74) is 7.16. The molecule has 0 saturated carbocycles. The molecule has 2 aromatic rings. The predicted octanol–water partition coefficient (Wildman–Crippen LogP) is 3.89. The van der Waals surface area contributed by atoms with E-state index in [1.807, 2.05) is 0 Å². The molecule has 2 N–H and O–H groups in total. The summed E-state index contributed by atoms with van der Waals surface area (Å²) in [4.78, 5) is 0.514. The fourth-order valence-corrected chi connectivity index (χ4v) is 3.55. The van der Waals surface area contributed by atoms with Crippen LogP contribution in [0.2, 0.25) is 10.0 Å². The second-order valence-electron chi connectivity index (χ2n) is 4.18. The number of methoxy groups -OCH3 is 1. The summed E-state index contributed by atoms with van der Waals surface area (Å²) in [6, 6.07) is 10.2. The number of benzene rings is 2. The first-order chi connectivity index (χ1) is 9.49. The van der Waals surface area contributed by atoms with Crippen molar-refractivity contribution >= 4 is 39.7 Å². The van der Waals surface area contributed by atoms with Crippen LogP contribution in [0.3, 0.4) is 0 Å². The Balaban J connectivity index is 2.27. The van der Waals surface area contributed by atoms with Crippen LogP contribution in [-0.4, -0.2) is 11.3 Å². The molecule has 106 valence electrons. The van der Waals surface area contributed by atoms with E-state index in [0.717, 1.165) is 5.56 Å². The zero-order valence-corrected chi connectivity index (χ0v) is 13.1. The van der Waals surface area contributed by atoms with Crippen molar-refractivity contribution in [2.24, 2.45) is 0 Å². The van der Waals surface area contributed by atoms with Crippen LogP contribution in [0, 0.1) is 0 Å². The van der Waals surface area contributed by atoms with Crippen molar-refractivity contribution in [2.75, 3.05) is 12.8 Å². The first-order valence-electron chi connectivity index (χ1n) is 5.76. The summed E-state index contributed by atoms with van der Waals surface area (Å²) in [6.45, 7) is 0. The van der Waals surface area contributed by atoms with Gasteiger partial charge >= 0.3 is 0 Å². The first kappa shape index (κ1) is 15.2. The van der Waals surface area contributed by atoms with Crippen LogP contribution in [0.15, 0.2) is 41.3 Å². The maximum Gasteiger partial charge on any atom is 0.121 e. The van der Waals surface area contributed by atoms with Gasteiger partial charge in [0.05, 0.1) is 33.6 Å². The Morgan fingerprint density at radius 2 is 1.95 bits per heavy atom. The topological polar surface area (TPSA) is 52.3 Å². The lowest BCUT2D eigenvalue weighted by Gasteiger charge is -2.08. The predicted molar refractivity (Wildman–Crippen MR) is 84.0 cm³/mol. The van der Waals surface area contributed by atoms with Gasteiger partial charge in [-0.15, -0.1) is 0 Å². The first-order valence-corrected chi connectivity index (χ1v) is 7.84. The van der Waals surface area contributed by atoms with Gasteiger partial charge in [0.15, 0.2) is 0 Å². The Morgan fingerprint density at radius 1 is 1.20 bits per heavy atom. The minimum absolute atomic E-state index is 0.293. The van der Waals surface area contributed by atoms with E-state index in [4.69, 9.17) is 33.7 Å². The van der Waals surface area contributed by atoms with Crippen molar-refractivity contribution in [3.05, 3.63) is 52.0 Å². The van der Waals surface area contributed by atoms with E-state index < -0.39 is 10.8 Å². The van der Waals surface area contributed by atoms with Gasteiger partial charge in [0.1, 0.15) is 5.75 Å². The lowest BCUT2D eigenvalue weighted by molar-refractivity contribution is 0.414. The zero-order valence-electron chi connectivity index (χ0n) is 10.7. The maximum atomic E-state index is 12.4. The molecule has 0 bridgehead atoms. The molecule has 1 unspecified atom stereocenters. The van der Waals surface area contributed by atoms with Gasteiger partial charge in [-0.3, -0.25) is 4.21 Å². The highest BCUT2D eigenvalue weighted by molar-refractivity contribution is 7.84. The highest BCUT2D eigenvalue weighted by atomic mass is 35.5. The second-order valence-corrected chi connectivity index (χ2v) is 6.44. The van der Waals surface area contributed by atoms with E-state index in [-0.39, 0.29) is 0 Å². The van der Waals surface area contributed by atoms with Crippen LogP contribution >= 0.6 is 23.2 Å². The van der Waals surface area contributed by atoms with Crippen molar-refractivity contribution in [1.82, 2.24) is 0 Å². The van der Waals surface area contributed by atoms with E-state index in [9.17, 15) is 4.21 Å². The summed E-state index contributed by atoms with van der Waals surface area (Å²) < 4.78 is 17.5. The molecule has 6 heteroatoms. The van der Waals surface area contributed by atoms with Gasteiger partial charge in [0.2, 0.25) is 0 Å². The van der Waals surface area contributed by atoms with Crippen LogP contribution in [0.5, 0.6) is 5.75 Å². The SMILES string of the molecule is COc1cc(N)cc(CS(=O)c2cc(Cl)ccc2Cl)c1. The Morgan fingerprint density at radius 3 is 2.65 bits per heavy atom. The van der Waals surface area contributed by atoms with Gasteiger partial charge in [-0.2, -0.15) is 0 Å². The number of ether oxygens (including phenoxy) is 1. The molecule has 0 aromatic heterocycles. The summed E-state index contributed by atoms with van der Waals surface area (Å²) in [5, 5.41) is 0.937. The third kappa shape index (κ3) is 3.66. The second kappa shape index (κ2) is 6.48. The Kier molecular flexibility index (Phi) is 4.91. The molecule has 2 rings (SSSR count). The minimum Gasteiger partial charge on any atom is -0.497 e. The molecular weight excluding hydrogens is 317 g/mol. The number of hydrogen-bond donors (Lipinski definition) is 1. The van der Waals surface area contributed by atoms with Crippen LogP contribution in [0.1, 0.15) is 5.56 Å². The third-order valence-corrected chi connectivity index (χ3v) is 4.76. The molecule has 0 spiro atoms. The molecule has 0 fully saturated rings. The number of nitrogen functional groups attached to an aromatic ring is 1. The van der Waals surface area contributed by atoms with Gasteiger partial charge in [-0.25, -0.2) is 0 Å². The largest absolute Gasteiger partial charge is 0.497 e. The van der Waals surface area contributed by atoms with Crippen molar-refractivity contribution in [1.29, 1.82) is 0 Å². The van der Waals surface area contributed by atoms with E-state index in [0.29, 0.717) is 32.1 Å². The highest BCUT2D eigenvalue weighted by Crippen LogP contribution is 2.27. The standard InChI is InChI=1S/C14H13Cl2NO2S/c1-19-12-5-9(4-11(17)7-12)8-20(18)14-6-10(15)2-3-13(14)16/h2-7H,8,17H2,1H3. The molecule has 0 aliphatic heterocycles. The quantitative estimate of drug-likeness (QED) is 0.865. The number of anilines is 1. The number of rotatable bonds is 4. The van der Waals surface area contributed by atoms with Crippen LogP contribution in [0.4, 0.5) is 5.69 Å². The molecule has 0 radical (unpaired) electrons. The van der Waals surface area contributed by atoms with Gasteiger partial charge in [0.25, 0.3) is 0 Å².